The Hall–Kier alpha value is -1.01. The number of benzene rings is 1. The van der Waals surface area contributed by atoms with E-state index in [2.05, 4.69) is 4.98 Å². The number of alkyl halides is 5. The fourth-order valence-electron chi connectivity index (χ4n) is 1.86. The monoisotopic (exact) mass is 328 g/mol. The van der Waals surface area contributed by atoms with Gasteiger partial charge in [0.15, 0.2) is 0 Å². The Morgan fingerprint density at radius 1 is 1.35 bits per heavy atom. The topological polar surface area (TPSA) is 17.8 Å². The summed E-state index contributed by atoms with van der Waals surface area (Å²) in [7, 11) is 0. The average Bonchev–Trinajstić information content (AvgIpc) is 2.67. The van der Waals surface area contributed by atoms with Crippen LogP contribution in [0.25, 0.3) is 11.0 Å². The van der Waals surface area contributed by atoms with Gasteiger partial charge in [-0.25, -0.2) is 13.8 Å². The van der Waals surface area contributed by atoms with Crippen LogP contribution in [-0.2, 0) is 6.54 Å². The number of hydrogen-bond donors (Lipinski definition) is 0. The molecular formula is C12H10Cl2F4N2. The molecule has 2 rings (SSSR count). The third kappa shape index (κ3) is 2.86. The Balaban J connectivity index is 2.59. The Morgan fingerprint density at radius 3 is 2.55 bits per heavy atom. The lowest BCUT2D eigenvalue weighted by molar-refractivity contribution is -0.137. The SMILES string of the molecule is CC(Cl)c1nc2ccc(Cl)cc2n1CC(F)(F)C(F)F. The van der Waals surface area contributed by atoms with Gasteiger partial charge in [0.2, 0.25) is 0 Å². The van der Waals surface area contributed by atoms with Crippen molar-refractivity contribution in [3.8, 4) is 0 Å². The summed E-state index contributed by atoms with van der Waals surface area (Å²) in [4.78, 5) is 4.09. The van der Waals surface area contributed by atoms with Crippen molar-refractivity contribution >= 4 is 34.2 Å². The van der Waals surface area contributed by atoms with Crippen molar-refractivity contribution in [3.63, 3.8) is 0 Å². The minimum absolute atomic E-state index is 0.101. The number of nitrogens with zero attached hydrogens (tertiary/aromatic N) is 2. The highest BCUT2D eigenvalue weighted by Crippen LogP contribution is 2.31. The molecule has 110 valence electrons. The van der Waals surface area contributed by atoms with E-state index in [0.717, 1.165) is 4.57 Å². The molecule has 0 saturated heterocycles. The van der Waals surface area contributed by atoms with E-state index in [1.807, 2.05) is 0 Å². The fraction of sp³-hybridized carbons (Fsp3) is 0.417. The predicted octanol–water partition coefficient (Wildman–Crippen LogP) is 4.89. The molecule has 1 heterocycles. The molecule has 2 aromatic rings. The molecule has 0 radical (unpaired) electrons. The standard InChI is InChI=1S/C12H10Cl2F4N2/c1-6(13)10-19-8-3-2-7(14)4-9(8)20(10)5-12(17,18)11(15)16/h2-4,6,11H,5H2,1H3. The smallest absolute Gasteiger partial charge is 0.320 e. The second-order valence-corrected chi connectivity index (χ2v) is 5.46. The summed E-state index contributed by atoms with van der Waals surface area (Å²) in [5.41, 5.74) is 0.627. The zero-order valence-electron chi connectivity index (χ0n) is 10.3. The van der Waals surface area contributed by atoms with Crippen molar-refractivity contribution < 1.29 is 17.6 Å². The van der Waals surface area contributed by atoms with Crippen LogP contribution in [0.15, 0.2) is 18.2 Å². The van der Waals surface area contributed by atoms with E-state index < -0.39 is 24.3 Å². The molecule has 0 aliphatic rings. The third-order valence-corrected chi connectivity index (χ3v) is 3.21. The minimum Gasteiger partial charge on any atom is -0.320 e. The third-order valence-electron chi connectivity index (χ3n) is 2.78. The number of fused-ring (bicyclic) bond motifs is 1. The molecule has 0 aliphatic carbocycles. The first-order chi connectivity index (χ1) is 9.22. The summed E-state index contributed by atoms with van der Waals surface area (Å²) < 4.78 is 52.4. The fourth-order valence-corrected chi connectivity index (χ4v) is 2.20. The Labute approximate surface area is 122 Å². The van der Waals surface area contributed by atoms with Crippen molar-refractivity contribution in [1.29, 1.82) is 0 Å². The van der Waals surface area contributed by atoms with E-state index >= 15 is 0 Å². The maximum absolute atomic E-state index is 13.3. The molecule has 20 heavy (non-hydrogen) atoms. The summed E-state index contributed by atoms with van der Waals surface area (Å²) in [5.74, 6) is -4.07. The highest BCUT2D eigenvalue weighted by molar-refractivity contribution is 6.31. The van der Waals surface area contributed by atoms with Crippen LogP contribution in [0.1, 0.15) is 18.1 Å². The number of aromatic nitrogens is 2. The maximum atomic E-state index is 13.3. The van der Waals surface area contributed by atoms with Crippen LogP contribution in [0.2, 0.25) is 5.02 Å². The van der Waals surface area contributed by atoms with E-state index in [1.165, 1.54) is 25.1 Å². The average molecular weight is 329 g/mol. The largest absolute Gasteiger partial charge is 0.324 e. The van der Waals surface area contributed by atoms with Gasteiger partial charge in [0, 0.05) is 5.02 Å². The molecule has 2 nitrogen and oxygen atoms in total. The summed E-state index contributed by atoms with van der Waals surface area (Å²) in [6.07, 6.45) is -3.77. The van der Waals surface area contributed by atoms with Crippen molar-refractivity contribution in [2.45, 2.75) is 31.2 Å². The number of halogens is 6. The highest BCUT2D eigenvalue weighted by atomic mass is 35.5. The molecule has 0 saturated carbocycles. The summed E-state index contributed by atoms with van der Waals surface area (Å²) in [6, 6.07) is 4.46. The van der Waals surface area contributed by atoms with Crippen LogP contribution >= 0.6 is 23.2 Å². The highest BCUT2D eigenvalue weighted by Gasteiger charge is 2.42. The van der Waals surface area contributed by atoms with E-state index in [4.69, 9.17) is 23.2 Å². The van der Waals surface area contributed by atoms with E-state index in [0.29, 0.717) is 10.5 Å². The first-order valence-electron chi connectivity index (χ1n) is 5.68. The molecule has 0 aliphatic heterocycles. The van der Waals surface area contributed by atoms with Gasteiger partial charge in [-0.05, 0) is 25.1 Å². The van der Waals surface area contributed by atoms with Gasteiger partial charge in [-0.15, -0.1) is 11.6 Å². The summed E-state index contributed by atoms with van der Waals surface area (Å²) in [5, 5.41) is -0.401. The Kier molecular flexibility index (Phi) is 4.16. The second-order valence-electron chi connectivity index (χ2n) is 4.37. The molecule has 0 bridgehead atoms. The molecule has 8 heteroatoms. The van der Waals surface area contributed by atoms with E-state index in [-0.39, 0.29) is 11.3 Å². The van der Waals surface area contributed by atoms with Gasteiger partial charge in [-0.3, -0.25) is 0 Å². The quantitative estimate of drug-likeness (QED) is 0.577. The lowest BCUT2D eigenvalue weighted by Gasteiger charge is -2.18. The van der Waals surface area contributed by atoms with Crippen molar-refractivity contribution in [2.24, 2.45) is 0 Å². The summed E-state index contributed by atoms with van der Waals surface area (Å²) >= 11 is 11.7. The molecule has 0 N–H and O–H groups in total. The molecule has 0 spiro atoms. The van der Waals surface area contributed by atoms with Gasteiger partial charge >= 0.3 is 12.3 Å². The lowest BCUT2D eigenvalue weighted by Crippen LogP contribution is -2.32. The van der Waals surface area contributed by atoms with Crippen LogP contribution in [0.5, 0.6) is 0 Å². The number of rotatable bonds is 4. The van der Waals surface area contributed by atoms with Crippen LogP contribution in [0, 0.1) is 0 Å². The Bertz CT molecular complexity index is 625. The minimum atomic E-state index is -4.17. The number of hydrogen-bond acceptors (Lipinski definition) is 1. The van der Waals surface area contributed by atoms with Crippen LogP contribution in [0.3, 0.4) is 0 Å². The number of imidazole rings is 1. The molecule has 1 atom stereocenters. The van der Waals surface area contributed by atoms with E-state index in [1.54, 1.807) is 0 Å². The zero-order valence-corrected chi connectivity index (χ0v) is 11.8. The molecule has 0 amide bonds. The van der Waals surface area contributed by atoms with Gasteiger partial charge in [0.25, 0.3) is 0 Å². The molecule has 0 fully saturated rings. The molecular weight excluding hydrogens is 319 g/mol. The first-order valence-corrected chi connectivity index (χ1v) is 6.49. The van der Waals surface area contributed by atoms with Crippen LogP contribution < -0.4 is 0 Å². The molecule has 1 unspecified atom stereocenters. The first kappa shape index (κ1) is 15.4. The second kappa shape index (κ2) is 5.41. The molecule has 1 aromatic carbocycles. The lowest BCUT2D eigenvalue weighted by atomic mass is 10.3. The van der Waals surface area contributed by atoms with Crippen molar-refractivity contribution in [2.75, 3.05) is 0 Å². The normalized spacial score (nSPS) is 14.2. The van der Waals surface area contributed by atoms with Gasteiger partial charge in [0.1, 0.15) is 5.82 Å². The predicted molar refractivity (Wildman–Crippen MR) is 70.0 cm³/mol. The van der Waals surface area contributed by atoms with Gasteiger partial charge < -0.3 is 4.57 Å². The van der Waals surface area contributed by atoms with Crippen molar-refractivity contribution in [3.05, 3.63) is 29.0 Å². The van der Waals surface area contributed by atoms with Crippen LogP contribution in [0.4, 0.5) is 17.6 Å². The van der Waals surface area contributed by atoms with Crippen molar-refractivity contribution in [1.82, 2.24) is 9.55 Å². The van der Waals surface area contributed by atoms with Gasteiger partial charge in [-0.1, -0.05) is 11.6 Å². The maximum Gasteiger partial charge on any atom is 0.324 e. The van der Waals surface area contributed by atoms with Crippen LogP contribution in [-0.4, -0.2) is 21.9 Å². The van der Waals surface area contributed by atoms with Gasteiger partial charge in [0.05, 0.1) is 23.0 Å². The van der Waals surface area contributed by atoms with E-state index in [9.17, 15) is 17.6 Å². The van der Waals surface area contributed by atoms with Gasteiger partial charge in [-0.2, -0.15) is 8.78 Å². The zero-order chi connectivity index (χ0) is 15.1. The molecule has 1 aromatic heterocycles. The Morgan fingerprint density at radius 2 is 2.00 bits per heavy atom. The summed E-state index contributed by atoms with van der Waals surface area (Å²) in [6.45, 7) is 0.329.